The van der Waals surface area contributed by atoms with Crippen molar-refractivity contribution < 1.29 is 0 Å². The summed E-state index contributed by atoms with van der Waals surface area (Å²) in [5, 5.41) is 0. The van der Waals surface area contributed by atoms with Gasteiger partial charge in [-0.25, -0.2) is 0 Å². The van der Waals surface area contributed by atoms with Crippen LogP contribution >= 0.6 is 0 Å². The van der Waals surface area contributed by atoms with Gasteiger partial charge < -0.3 is 4.90 Å². The molecule has 2 rings (SSSR count). The fourth-order valence-corrected chi connectivity index (χ4v) is 1.94. The van der Waals surface area contributed by atoms with Crippen molar-refractivity contribution in [2.75, 3.05) is 11.9 Å². The number of hydrogen-bond donors (Lipinski definition) is 0. The van der Waals surface area contributed by atoms with E-state index < -0.39 is 0 Å². The predicted molar refractivity (Wildman–Crippen MR) is 62.5 cm³/mol. The third-order valence-electron chi connectivity index (χ3n) is 3.27. The van der Waals surface area contributed by atoms with Crippen LogP contribution in [-0.4, -0.2) is 13.1 Å². The van der Waals surface area contributed by atoms with Gasteiger partial charge in [-0.3, -0.25) is 0 Å². The third-order valence-corrected chi connectivity index (χ3v) is 3.27. The van der Waals surface area contributed by atoms with Crippen LogP contribution in [0.25, 0.3) is 6.08 Å². The minimum Gasteiger partial charge on any atom is -0.371 e. The molecule has 0 bridgehead atoms. The molecule has 2 atom stereocenters. The van der Waals surface area contributed by atoms with Gasteiger partial charge in [0.2, 0.25) is 0 Å². The second kappa shape index (κ2) is 3.49. The Labute approximate surface area is 86.1 Å². The van der Waals surface area contributed by atoms with Crippen LogP contribution < -0.4 is 4.90 Å². The van der Waals surface area contributed by atoms with Crippen molar-refractivity contribution in [3.05, 3.63) is 35.9 Å². The largest absolute Gasteiger partial charge is 0.371 e. The molecule has 1 heterocycles. The maximum atomic E-state index is 2.36. The maximum absolute atomic E-state index is 2.36. The number of anilines is 1. The van der Waals surface area contributed by atoms with Gasteiger partial charge in [-0.1, -0.05) is 37.3 Å². The summed E-state index contributed by atoms with van der Waals surface area (Å²) in [7, 11) is 2.17. The van der Waals surface area contributed by atoms with Crippen molar-refractivity contribution in [1.82, 2.24) is 0 Å². The highest BCUT2D eigenvalue weighted by Crippen LogP contribution is 2.28. The van der Waals surface area contributed by atoms with Gasteiger partial charge in [0, 0.05) is 18.8 Å². The summed E-state index contributed by atoms with van der Waals surface area (Å²) in [6, 6.07) is 9.13. The highest BCUT2D eigenvalue weighted by atomic mass is 15.1. The molecule has 0 spiro atoms. The van der Waals surface area contributed by atoms with Crippen LogP contribution in [0.1, 0.15) is 19.4 Å². The van der Waals surface area contributed by atoms with E-state index >= 15 is 0 Å². The number of para-hydroxylation sites is 1. The second-order valence-corrected chi connectivity index (χ2v) is 4.13. The quantitative estimate of drug-likeness (QED) is 0.603. The summed E-state index contributed by atoms with van der Waals surface area (Å²) in [6.45, 7) is 4.54. The Morgan fingerprint density at radius 3 is 2.64 bits per heavy atom. The van der Waals surface area contributed by atoms with E-state index in [-0.39, 0.29) is 0 Å². The predicted octanol–water partition coefficient (Wildman–Crippen LogP) is 3.17. The number of hydrogen-bond acceptors (Lipinski definition) is 1. The van der Waals surface area contributed by atoms with E-state index in [4.69, 9.17) is 0 Å². The molecule has 0 amide bonds. The van der Waals surface area contributed by atoms with Gasteiger partial charge in [0.05, 0.1) is 0 Å². The lowest BCUT2D eigenvalue weighted by Crippen LogP contribution is -2.32. The highest BCUT2D eigenvalue weighted by Gasteiger charge is 2.19. The van der Waals surface area contributed by atoms with E-state index in [1.54, 1.807) is 0 Å². The van der Waals surface area contributed by atoms with E-state index in [0.29, 0.717) is 12.0 Å². The first-order valence-corrected chi connectivity index (χ1v) is 5.20. The lowest BCUT2D eigenvalue weighted by molar-refractivity contribution is 0.557. The Balaban J connectivity index is 2.49. The molecule has 0 unspecified atom stereocenters. The normalized spacial score (nSPS) is 25.8. The average Bonchev–Trinajstić information content (AvgIpc) is 2.32. The first-order valence-electron chi connectivity index (χ1n) is 5.20. The highest BCUT2D eigenvalue weighted by molar-refractivity contribution is 5.69. The molecule has 1 heteroatoms. The van der Waals surface area contributed by atoms with E-state index in [1.807, 2.05) is 0 Å². The van der Waals surface area contributed by atoms with Crippen LogP contribution in [0.5, 0.6) is 0 Å². The molecular weight excluding hydrogens is 170 g/mol. The van der Waals surface area contributed by atoms with Gasteiger partial charge >= 0.3 is 0 Å². The number of fused-ring (bicyclic) bond motifs is 1. The number of nitrogens with zero attached hydrogens (tertiary/aromatic N) is 1. The minimum atomic E-state index is 0.565. The Kier molecular flexibility index (Phi) is 2.32. The topological polar surface area (TPSA) is 3.24 Å². The number of benzene rings is 1. The smallest absolute Gasteiger partial charge is 0.0439 e. The Morgan fingerprint density at radius 1 is 1.14 bits per heavy atom. The molecule has 0 aliphatic carbocycles. The van der Waals surface area contributed by atoms with Crippen molar-refractivity contribution in [2.45, 2.75) is 19.9 Å². The third kappa shape index (κ3) is 1.43. The first kappa shape index (κ1) is 9.32. The molecular formula is C13H17N. The van der Waals surface area contributed by atoms with Crippen molar-refractivity contribution in [3.8, 4) is 0 Å². The van der Waals surface area contributed by atoms with Crippen LogP contribution in [0.2, 0.25) is 0 Å². The van der Waals surface area contributed by atoms with Gasteiger partial charge in [0.25, 0.3) is 0 Å². The summed E-state index contributed by atoms with van der Waals surface area (Å²) >= 11 is 0. The summed E-state index contributed by atoms with van der Waals surface area (Å²) < 4.78 is 0. The summed E-state index contributed by atoms with van der Waals surface area (Å²) in [6.07, 6.45) is 4.53. The zero-order valence-electron chi connectivity index (χ0n) is 9.07. The molecule has 0 saturated carbocycles. The van der Waals surface area contributed by atoms with Crippen LogP contribution in [0.15, 0.2) is 30.3 Å². The Morgan fingerprint density at radius 2 is 1.86 bits per heavy atom. The molecule has 0 aromatic heterocycles. The molecule has 1 aliphatic heterocycles. The molecule has 1 nitrogen and oxygen atoms in total. The van der Waals surface area contributed by atoms with Gasteiger partial charge in [-0.15, -0.1) is 0 Å². The van der Waals surface area contributed by atoms with E-state index in [0.717, 1.165) is 0 Å². The lowest BCUT2D eigenvalue weighted by Gasteiger charge is -2.29. The first-order chi connectivity index (χ1) is 6.70. The molecule has 0 radical (unpaired) electrons. The minimum absolute atomic E-state index is 0.565. The van der Waals surface area contributed by atoms with E-state index in [9.17, 15) is 0 Å². The van der Waals surface area contributed by atoms with Crippen LogP contribution in [0, 0.1) is 5.92 Å². The SMILES string of the molecule is C[C@@H]1[C@@H](C)C=Cc2ccccc2N1C. The number of rotatable bonds is 0. The summed E-state index contributed by atoms with van der Waals surface area (Å²) in [4.78, 5) is 2.36. The van der Waals surface area contributed by atoms with Crippen molar-refractivity contribution >= 4 is 11.8 Å². The van der Waals surface area contributed by atoms with Gasteiger partial charge in [0.1, 0.15) is 0 Å². The molecule has 1 aromatic rings. The Bertz CT molecular complexity index is 354. The molecule has 0 fully saturated rings. The van der Waals surface area contributed by atoms with Crippen LogP contribution in [-0.2, 0) is 0 Å². The van der Waals surface area contributed by atoms with Gasteiger partial charge in [0.15, 0.2) is 0 Å². The van der Waals surface area contributed by atoms with Crippen molar-refractivity contribution in [3.63, 3.8) is 0 Å². The van der Waals surface area contributed by atoms with Crippen LogP contribution in [0.3, 0.4) is 0 Å². The van der Waals surface area contributed by atoms with Gasteiger partial charge in [-0.05, 0) is 24.5 Å². The molecule has 74 valence electrons. The molecule has 1 aliphatic rings. The zero-order valence-corrected chi connectivity index (χ0v) is 9.07. The Hall–Kier alpha value is -1.24. The van der Waals surface area contributed by atoms with Crippen LogP contribution in [0.4, 0.5) is 5.69 Å². The molecule has 1 aromatic carbocycles. The van der Waals surface area contributed by atoms with Crippen molar-refractivity contribution in [2.24, 2.45) is 5.92 Å². The van der Waals surface area contributed by atoms with E-state index in [1.165, 1.54) is 11.3 Å². The molecule has 14 heavy (non-hydrogen) atoms. The zero-order chi connectivity index (χ0) is 10.1. The standard InChI is InChI=1S/C13H17N/c1-10-8-9-12-6-4-5-7-13(12)14(3)11(10)2/h4-11H,1-3H3/t10-,11+/m0/s1. The monoisotopic (exact) mass is 187 g/mol. The lowest BCUT2D eigenvalue weighted by atomic mass is 10.0. The van der Waals surface area contributed by atoms with Gasteiger partial charge in [-0.2, -0.15) is 0 Å². The molecule has 0 N–H and O–H groups in total. The maximum Gasteiger partial charge on any atom is 0.0439 e. The summed E-state index contributed by atoms with van der Waals surface area (Å²) in [5.41, 5.74) is 2.66. The second-order valence-electron chi connectivity index (χ2n) is 4.13. The average molecular weight is 187 g/mol. The molecule has 0 saturated heterocycles. The fourth-order valence-electron chi connectivity index (χ4n) is 1.94. The summed E-state index contributed by atoms with van der Waals surface area (Å²) in [5.74, 6) is 0.604. The van der Waals surface area contributed by atoms with Crippen molar-refractivity contribution in [1.29, 1.82) is 0 Å². The van der Waals surface area contributed by atoms with E-state index in [2.05, 4.69) is 62.2 Å². The fraction of sp³-hybridized carbons (Fsp3) is 0.385.